The van der Waals surface area contributed by atoms with Crippen LogP contribution < -0.4 is 5.73 Å². The molecule has 0 spiro atoms. The highest BCUT2D eigenvalue weighted by atomic mass is 28.3. The van der Waals surface area contributed by atoms with E-state index < -0.39 is 8.07 Å². The predicted octanol–water partition coefficient (Wildman–Crippen LogP) is 2.72. The lowest BCUT2D eigenvalue weighted by atomic mass is 10.2. The number of fused-ring (bicyclic) bond motifs is 1. The van der Waals surface area contributed by atoms with Crippen LogP contribution in [0.4, 0.5) is 5.82 Å². The van der Waals surface area contributed by atoms with Crippen LogP contribution >= 0.6 is 0 Å². The second-order valence-electron chi connectivity index (χ2n) is 6.78. The van der Waals surface area contributed by atoms with E-state index in [4.69, 9.17) is 10.5 Å². The van der Waals surface area contributed by atoms with Crippen molar-refractivity contribution >= 4 is 24.9 Å². The monoisotopic (exact) mass is 330 g/mol. The van der Waals surface area contributed by atoms with E-state index in [0.29, 0.717) is 12.5 Å². The lowest BCUT2D eigenvalue weighted by Gasteiger charge is -2.15. The largest absolute Gasteiger partial charge is 0.382 e. The van der Waals surface area contributed by atoms with E-state index >= 15 is 0 Å². The highest BCUT2D eigenvalue weighted by Crippen LogP contribution is 2.28. The number of hydrogen-bond donors (Lipinski definition) is 2. The van der Waals surface area contributed by atoms with Crippen LogP contribution in [0.3, 0.4) is 0 Å². The van der Waals surface area contributed by atoms with Gasteiger partial charge in [0.25, 0.3) is 0 Å². The third-order valence-electron chi connectivity index (χ3n) is 3.71. The van der Waals surface area contributed by atoms with E-state index in [1.165, 1.54) is 0 Å². The molecule has 0 saturated carbocycles. The summed E-state index contributed by atoms with van der Waals surface area (Å²) in [6, 6.07) is 3.14. The molecule has 3 aromatic heterocycles. The third-order valence-corrected chi connectivity index (χ3v) is 5.41. The zero-order chi connectivity index (χ0) is 16.4. The standard InChI is InChI=1S/C15H22N6OSi/c1-23(2,3)7-6-22-10-21-5-4-11-13(17-9-18-15(11)21)12-8-19-20-14(12)16/h4-5,8-9H,6-7,10H2,1-3H3,(H3,16,19,20). The number of nitrogens with one attached hydrogen (secondary N) is 1. The number of rotatable bonds is 6. The molecule has 0 saturated heterocycles. The van der Waals surface area contributed by atoms with Crippen molar-refractivity contribution in [3.63, 3.8) is 0 Å². The van der Waals surface area contributed by atoms with Gasteiger partial charge in [0, 0.05) is 32.5 Å². The zero-order valence-electron chi connectivity index (χ0n) is 13.7. The molecule has 0 radical (unpaired) electrons. The average molecular weight is 330 g/mol. The van der Waals surface area contributed by atoms with E-state index in [1.807, 2.05) is 16.8 Å². The summed E-state index contributed by atoms with van der Waals surface area (Å²) in [5.74, 6) is 0.434. The van der Waals surface area contributed by atoms with Gasteiger partial charge in [0.1, 0.15) is 18.7 Å². The first kappa shape index (κ1) is 15.7. The maximum Gasteiger partial charge on any atom is 0.154 e. The fourth-order valence-electron chi connectivity index (χ4n) is 2.35. The number of hydrogen-bond acceptors (Lipinski definition) is 5. The Morgan fingerprint density at radius 2 is 2.13 bits per heavy atom. The number of H-pyrrole nitrogens is 1. The van der Waals surface area contributed by atoms with Gasteiger partial charge < -0.3 is 15.0 Å². The molecule has 0 amide bonds. The van der Waals surface area contributed by atoms with Crippen LogP contribution in [-0.2, 0) is 11.5 Å². The number of ether oxygens (including phenoxy) is 1. The Kier molecular flexibility index (Phi) is 4.18. The minimum absolute atomic E-state index is 0.434. The molecule has 23 heavy (non-hydrogen) atoms. The molecule has 3 rings (SSSR count). The summed E-state index contributed by atoms with van der Waals surface area (Å²) in [5, 5.41) is 7.66. The van der Waals surface area contributed by atoms with E-state index in [1.54, 1.807) is 12.5 Å². The fraction of sp³-hybridized carbons (Fsp3) is 0.400. The maximum atomic E-state index is 5.88. The Labute approximate surface area is 135 Å². The fourth-order valence-corrected chi connectivity index (χ4v) is 3.11. The van der Waals surface area contributed by atoms with Crippen molar-refractivity contribution in [3.05, 3.63) is 24.8 Å². The highest BCUT2D eigenvalue weighted by Gasteiger charge is 2.15. The van der Waals surface area contributed by atoms with Crippen LogP contribution in [0.2, 0.25) is 25.7 Å². The van der Waals surface area contributed by atoms with Gasteiger partial charge in [0.05, 0.1) is 11.3 Å². The molecule has 0 atom stereocenters. The molecular weight excluding hydrogens is 308 g/mol. The Morgan fingerprint density at radius 3 is 2.83 bits per heavy atom. The molecule has 3 N–H and O–H groups in total. The highest BCUT2D eigenvalue weighted by molar-refractivity contribution is 6.76. The van der Waals surface area contributed by atoms with Gasteiger partial charge in [0.2, 0.25) is 0 Å². The second-order valence-corrected chi connectivity index (χ2v) is 12.4. The van der Waals surface area contributed by atoms with Crippen LogP contribution in [0.25, 0.3) is 22.3 Å². The second kappa shape index (κ2) is 6.13. The van der Waals surface area contributed by atoms with Crippen LogP contribution in [0.1, 0.15) is 0 Å². The molecule has 0 aliphatic heterocycles. The summed E-state index contributed by atoms with van der Waals surface area (Å²) in [6.45, 7) is 8.30. The summed E-state index contributed by atoms with van der Waals surface area (Å²) in [6.07, 6.45) is 5.26. The normalized spacial score (nSPS) is 12.1. The summed E-state index contributed by atoms with van der Waals surface area (Å²) in [7, 11) is -1.07. The van der Waals surface area contributed by atoms with E-state index in [2.05, 4.69) is 39.8 Å². The maximum absolute atomic E-state index is 5.88. The minimum atomic E-state index is -1.07. The zero-order valence-corrected chi connectivity index (χ0v) is 14.7. The van der Waals surface area contributed by atoms with Crippen molar-refractivity contribution in [2.75, 3.05) is 12.3 Å². The van der Waals surface area contributed by atoms with Crippen LogP contribution in [0.5, 0.6) is 0 Å². The summed E-state index contributed by atoms with van der Waals surface area (Å²) in [5.41, 5.74) is 8.28. The number of nitrogen functional groups attached to an aromatic ring is 1. The van der Waals surface area contributed by atoms with Crippen molar-refractivity contribution < 1.29 is 4.74 Å². The molecule has 0 fully saturated rings. The van der Waals surface area contributed by atoms with Crippen molar-refractivity contribution in [3.8, 4) is 11.3 Å². The molecule has 0 aliphatic rings. The molecule has 122 valence electrons. The SMILES string of the molecule is C[Si](C)(C)CCOCn1ccc2c(-c3c[nH]nc3N)ncnc21. The predicted molar refractivity (Wildman–Crippen MR) is 93.6 cm³/mol. The third kappa shape index (κ3) is 3.43. The Hall–Kier alpha value is -2.19. The van der Waals surface area contributed by atoms with E-state index in [-0.39, 0.29) is 0 Å². The quantitative estimate of drug-likeness (QED) is 0.535. The molecule has 0 aliphatic carbocycles. The van der Waals surface area contributed by atoms with Crippen molar-refractivity contribution in [2.24, 2.45) is 0 Å². The van der Waals surface area contributed by atoms with E-state index in [9.17, 15) is 0 Å². The van der Waals surface area contributed by atoms with Crippen LogP contribution in [-0.4, -0.2) is 39.4 Å². The molecule has 7 nitrogen and oxygen atoms in total. The molecule has 8 heteroatoms. The van der Waals surface area contributed by atoms with Crippen molar-refractivity contribution in [1.29, 1.82) is 0 Å². The van der Waals surface area contributed by atoms with Crippen molar-refractivity contribution in [2.45, 2.75) is 32.4 Å². The van der Waals surface area contributed by atoms with Gasteiger partial charge in [-0.2, -0.15) is 5.10 Å². The molecule has 0 unspecified atom stereocenters. The van der Waals surface area contributed by atoms with E-state index in [0.717, 1.165) is 34.9 Å². The van der Waals surface area contributed by atoms with Crippen molar-refractivity contribution in [1.82, 2.24) is 24.7 Å². The molecule has 3 heterocycles. The lowest BCUT2D eigenvalue weighted by Crippen LogP contribution is -2.22. The molecular formula is C15H22N6OSi. The summed E-state index contributed by atoms with van der Waals surface area (Å²) < 4.78 is 7.80. The van der Waals surface area contributed by atoms with Gasteiger partial charge in [0.15, 0.2) is 5.82 Å². The molecule has 0 bridgehead atoms. The Bertz CT molecular complexity index is 804. The first-order chi connectivity index (χ1) is 11.0. The number of nitrogens with zero attached hydrogens (tertiary/aromatic N) is 4. The van der Waals surface area contributed by atoms with Gasteiger partial charge >= 0.3 is 0 Å². The number of nitrogens with two attached hydrogens (primary N) is 1. The molecule has 0 aromatic carbocycles. The van der Waals surface area contributed by atoms with Gasteiger partial charge in [-0.3, -0.25) is 5.10 Å². The average Bonchev–Trinajstić information content (AvgIpc) is 3.09. The smallest absolute Gasteiger partial charge is 0.154 e. The van der Waals surface area contributed by atoms with Gasteiger partial charge in [-0.15, -0.1) is 0 Å². The first-order valence-electron chi connectivity index (χ1n) is 7.63. The molecule has 3 aromatic rings. The van der Waals surface area contributed by atoms with Gasteiger partial charge in [-0.25, -0.2) is 9.97 Å². The van der Waals surface area contributed by atoms with Gasteiger partial charge in [-0.05, 0) is 12.1 Å². The Morgan fingerprint density at radius 1 is 1.30 bits per heavy atom. The Balaban J connectivity index is 1.81. The lowest BCUT2D eigenvalue weighted by molar-refractivity contribution is 0.0899. The number of aromatic nitrogens is 5. The number of anilines is 1. The van der Waals surface area contributed by atoms with Crippen LogP contribution in [0.15, 0.2) is 24.8 Å². The first-order valence-corrected chi connectivity index (χ1v) is 11.3. The van der Waals surface area contributed by atoms with Crippen LogP contribution in [0, 0.1) is 0 Å². The minimum Gasteiger partial charge on any atom is -0.382 e. The number of aromatic amines is 1. The summed E-state index contributed by atoms with van der Waals surface area (Å²) in [4.78, 5) is 8.73. The topological polar surface area (TPSA) is 94.6 Å². The van der Waals surface area contributed by atoms with Gasteiger partial charge in [-0.1, -0.05) is 19.6 Å². The summed E-state index contributed by atoms with van der Waals surface area (Å²) >= 11 is 0.